The van der Waals surface area contributed by atoms with Crippen molar-refractivity contribution in [3.63, 3.8) is 0 Å². The SMILES string of the molecule is C1CCN(CC2CS2)CC1. The van der Waals surface area contributed by atoms with Gasteiger partial charge in [0.25, 0.3) is 0 Å². The molecule has 0 aliphatic carbocycles. The third kappa shape index (κ3) is 1.89. The molecule has 1 atom stereocenters. The Bertz CT molecular complexity index is 106. The van der Waals surface area contributed by atoms with Crippen molar-refractivity contribution in [2.75, 3.05) is 25.4 Å². The molecule has 10 heavy (non-hydrogen) atoms. The predicted molar refractivity (Wildman–Crippen MR) is 46.5 cm³/mol. The molecule has 0 saturated carbocycles. The molecule has 2 heterocycles. The predicted octanol–water partition coefficient (Wildman–Crippen LogP) is 1.59. The summed E-state index contributed by atoms with van der Waals surface area (Å²) in [5.41, 5.74) is 0. The van der Waals surface area contributed by atoms with E-state index >= 15 is 0 Å². The molecule has 0 amide bonds. The standard InChI is InChI=1S/C8H15NS/c1-2-4-9(5-3-1)6-8-7-10-8/h8H,1-7H2. The molecular formula is C8H15NS. The molecule has 0 aromatic rings. The number of rotatable bonds is 2. The van der Waals surface area contributed by atoms with Crippen molar-refractivity contribution in [3.05, 3.63) is 0 Å². The van der Waals surface area contributed by atoms with Crippen LogP contribution < -0.4 is 0 Å². The molecule has 58 valence electrons. The molecule has 0 N–H and O–H groups in total. The molecule has 1 unspecified atom stereocenters. The summed E-state index contributed by atoms with van der Waals surface area (Å²) < 4.78 is 0. The van der Waals surface area contributed by atoms with Gasteiger partial charge in [-0.3, -0.25) is 0 Å². The Hall–Kier alpha value is 0.310. The summed E-state index contributed by atoms with van der Waals surface area (Å²) in [6, 6.07) is 0. The zero-order valence-electron chi connectivity index (χ0n) is 6.38. The van der Waals surface area contributed by atoms with Crippen LogP contribution in [0.15, 0.2) is 0 Å². The summed E-state index contributed by atoms with van der Waals surface area (Å²) in [5.74, 6) is 1.43. The second-order valence-electron chi connectivity index (χ2n) is 3.32. The van der Waals surface area contributed by atoms with Crippen molar-refractivity contribution in [1.29, 1.82) is 0 Å². The van der Waals surface area contributed by atoms with E-state index < -0.39 is 0 Å². The first kappa shape index (κ1) is 6.99. The van der Waals surface area contributed by atoms with E-state index in [1.165, 1.54) is 44.6 Å². The van der Waals surface area contributed by atoms with Crippen LogP contribution in [0.4, 0.5) is 0 Å². The van der Waals surface area contributed by atoms with E-state index in [9.17, 15) is 0 Å². The van der Waals surface area contributed by atoms with Crippen molar-refractivity contribution in [3.8, 4) is 0 Å². The zero-order chi connectivity index (χ0) is 6.81. The van der Waals surface area contributed by atoms with Crippen LogP contribution in [0.2, 0.25) is 0 Å². The van der Waals surface area contributed by atoms with Crippen LogP contribution in [-0.2, 0) is 0 Å². The average Bonchev–Trinajstić information content (AvgIpc) is 2.74. The van der Waals surface area contributed by atoms with Gasteiger partial charge >= 0.3 is 0 Å². The van der Waals surface area contributed by atoms with E-state index in [1.54, 1.807) is 0 Å². The maximum atomic E-state index is 2.63. The Morgan fingerprint density at radius 2 is 1.90 bits per heavy atom. The highest BCUT2D eigenvalue weighted by Gasteiger charge is 2.25. The van der Waals surface area contributed by atoms with Crippen molar-refractivity contribution in [2.45, 2.75) is 24.5 Å². The Labute approximate surface area is 67.2 Å². The van der Waals surface area contributed by atoms with E-state index in [0.717, 1.165) is 5.25 Å². The van der Waals surface area contributed by atoms with Crippen molar-refractivity contribution >= 4 is 11.8 Å². The van der Waals surface area contributed by atoms with E-state index in [2.05, 4.69) is 16.7 Å². The second-order valence-corrected chi connectivity index (χ2v) is 4.65. The maximum absolute atomic E-state index is 2.63. The molecule has 2 aliphatic heterocycles. The molecule has 2 aliphatic rings. The minimum absolute atomic E-state index is 1.01. The van der Waals surface area contributed by atoms with Crippen LogP contribution in [0.1, 0.15) is 19.3 Å². The van der Waals surface area contributed by atoms with Crippen LogP contribution >= 0.6 is 11.8 Å². The summed E-state index contributed by atoms with van der Waals surface area (Å²) in [7, 11) is 0. The van der Waals surface area contributed by atoms with Gasteiger partial charge in [-0.1, -0.05) is 6.42 Å². The highest BCUT2D eigenvalue weighted by Crippen LogP contribution is 2.31. The highest BCUT2D eigenvalue weighted by atomic mass is 32.2. The van der Waals surface area contributed by atoms with Gasteiger partial charge < -0.3 is 4.90 Å². The van der Waals surface area contributed by atoms with Gasteiger partial charge in [0.05, 0.1) is 0 Å². The summed E-state index contributed by atoms with van der Waals surface area (Å²) in [4.78, 5) is 2.63. The number of nitrogens with zero attached hydrogens (tertiary/aromatic N) is 1. The first-order chi connectivity index (χ1) is 4.95. The lowest BCUT2D eigenvalue weighted by Gasteiger charge is -2.25. The lowest BCUT2D eigenvalue weighted by molar-refractivity contribution is 0.235. The molecule has 0 spiro atoms. The Kier molecular flexibility index (Phi) is 2.19. The third-order valence-electron chi connectivity index (χ3n) is 2.31. The second kappa shape index (κ2) is 3.14. The van der Waals surface area contributed by atoms with Crippen molar-refractivity contribution in [2.24, 2.45) is 0 Å². The fourth-order valence-corrected chi connectivity index (χ4v) is 2.16. The normalized spacial score (nSPS) is 34.2. The van der Waals surface area contributed by atoms with Gasteiger partial charge in [-0.2, -0.15) is 11.8 Å². The Balaban J connectivity index is 1.69. The van der Waals surface area contributed by atoms with Crippen LogP contribution in [0.25, 0.3) is 0 Å². The van der Waals surface area contributed by atoms with E-state index in [-0.39, 0.29) is 0 Å². The lowest BCUT2D eigenvalue weighted by atomic mass is 10.1. The molecule has 2 rings (SSSR count). The number of thioether (sulfide) groups is 1. The Morgan fingerprint density at radius 1 is 1.20 bits per heavy atom. The van der Waals surface area contributed by atoms with Crippen molar-refractivity contribution < 1.29 is 0 Å². The van der Waals surface area contributed by atoms with Crippen LogP contribution in [0.3, 0.4) is 0 Å². The summed E-state index contributed by atoms with van der Waals surface area (Å²) in [6.07, 6.45) is 4.35. The first-order valence-electron chi connectivity index (χ1n) is 4.29. The molecule has 0 aromatic heterocycles. The first-order valence-corrected chi connectivity index (χ1v) is 5.34. The smallest absolute Gasteiger partial charge is 0.0266 e. The van der Waals surface area contributed by atoms with Crippen LogP contribution in [0.5, 0.6) is 0 Å². The van der Waals surface area contributed by atoms with Crippen LogP contribution in [0, 0.1) is 0 Å². The molecule has 2 saturated heterocycles. The molecule has 0 aromatic carbocycles. The quantitative estimate of drug-likeness (QED) is 0.560. The van der Waals surface area contributed by atoms with Gasteiger partial charge in [0.1, 0.15) is 0 Å². The summed E-state index contributed by atoms with van der Waals surface area (Å²) in [6.45, 7) is 4.12. The van der Waals surface area contributed by atoms with Gasteiger partial charge in [-0.15, -0.1) is 0 Å². The third-order valence-corrected chi connectivity index (χ3v) is 3.27. The van der Waals surface area contributed by atoms with Crippen molar-refractivity contribution in [1.82, 2.24) is 4.90 Å². The lowest BCUT2D eigenvalue weighted by Crippen LogP contribution is -2.32. The van der Waals surface area contributed by atoms with Gasteiger partial charge in [0.15, 0.2) is 0 Å². The van der Waals surface area contributed by atoms with E-state index in [4.69, 9.17) is 0 Å². The largest absolute Gasteiger partial charge is 0.302 e. The maximum Gasteiger partial charge on any atom is 0.0266 e. The van der Waals surface area contributed by atoms with Gasteiger partial charge in [-0.25, -0.2) is 0 Å². The zero-order valence-corrected chi connectivity index (χ0v) is 7.20. The number of hydrogen-bond donors (Lipinski definition) is 0. The number of likely N-dealkylation sites (tertiary alicyclic amines) is 1. The monoisotopic (exact) mass is 157 g/mol. The van der Waals surface area contributed by atoms with E-state index in [1.807, 2.05) is 0 Å². The average molecular weight is 157 g/mol. The van der Waals surface area contributed by atoms with Crippen LogP contribution in [-0.4, -0.2) is 35.5 Å². The summed E-state index contributed by atoms with van der Waals surface area (Å²) in [5, 5.41) is 1.01. The van der Waals surface area contributed by atoms with Gasteiger partial charge in [-0.05, 0) is 25.9 Å². The number of piperidine rings is 1. The molecule has 0 radical (unpaired) electrons. The Morgan fingerprint density at radius 3 is 2.50 bits per heavy atom. The molecule has 1 nitrogen and oxygen atoms in total. The molecule has 2 heteroatoms. The number of hydrogen-bond acceptors (Lipinski definition) is 2. The molecular weight excluding hydrogens is 142 g/mol. The molecule has 2 fully saturated rings. The minimum atomic E-state index is 1.01. The van der Waals surface area contributed by atoms with Gasteiger partial charge in [0, 0.05) is 17.5 Å². The topological polar surface area (TPSA) is 3.24 Å². The van der Waals surface area contributed by atoms with Gasteiger partial charge in [0.2, 0.25) is 0 Å². The van der Waals surface area contributed by atoms with E-state index in [0.29, 0.717) is 0 Å². The molecule has 0 bridgehead atoms. The minimum Gasteiger partial charge on any atom is -0.302 e. The summed E-state index contributed by atoms with van der Waals surface area (Å²) >= 11 is 2.12. The fraction of sp³-hybridized carbons (Fsp3) is 1.00. The fourth-order valence-electron chi connectivity index (χ4n) is 1.60. The highest BCUT2D eigenvalue weighted by molar-refractivity contribution is 8.06.